The van der Waals surface area contributed by atoms with E-state index in [9.17, 15) is 19.2 Å². The van der Waals surface area contributed by atoms with Crippen LogP contribution >= 0.6 is 0 Å². The van der Waals surface area contributed by atoms with Crippen LogP contribution in [0.2, 0.25) is 0 Å². The number of rotatable bonds is 4. The molecule has 2 aromatic carbocycles. The lowest BCUT2D eigenvalue weighted by molar-refractivity contribution is -0.122. The smallest absolute Gasteiger partial charge is 0.326 e. The molecule has 1 aliphatic heterocycles. The number of anilines is 2. The van der Waals surface area contributed by atoms with Gasteiger partial charge in [-0.1, -0.05) is 6.07 Å². The van der Waals surface area contributed by atoms with Crippen LogP contribution in [-0.4, -0.2) is 28.3 Å². The third kappa shape index (κ3) is 4.63. The largest absolute Gasteiger partial charge is 0.335 e. The van der Waals surface area contributed by atoms with Gasteiger partial charge in [-0.05, 0) is 92.9 Å². The number of carbonyl (C=O) groups excluding carboxylic acids is 4. The van der Waals surface area contributed by atoms with Crippen LogP contribution in [0.1, 0.15) is 35.0 Å². The molecule has 0 atom stereocenters. The van der Waals surface area contributed by atoms with Crippen LogP contribution in [0.5, 0.6) is 0 Å². The van der Waals surface area contributed by atoms with Gasteiger partial charge in [-0.15, -0.1) is 0 Å². The summed E-state index contributed by atoms with van der Waals surface area (Å²) in [6.07, 6.45) is 1.52. The van der Waals surface area contributed by atoms with Gasteiger partial charge in [0.2, 0.25) is 5.91 Å². The molecule has 1 saturated heterocycles. The second-order valence-corrected chi connectivity index (χ2v) is 8.69. The van der Waals surface area contributed by atoms with Gasteiger partial charge in [-0.2, -0.15) is 0 Å². The molecule has 0 bridgehead atoms. The van der Waals surface area contributed by atoms with Crippen LogP contribution in [0.3, 0.4) is 0 Å². The van der Waals surface area contributed by atoms with Crippen LogP contribution < -0.4 is 15.5 Å². The predicted octanol–water partition coefficient (Wildman–Crippen LogP) is 4.34. The Morgan fingerprint density at radius 1 is 0.886 bits per heavy atom. The lowest BCUT2D eigenvalue weighted by Crippen LogP contribution is -2.54. The number of barbiturate groups is 1. The molecule has 5 amide bonds. The first-order valence-electron chi connectivity index (χ1n) is 11.1. The van der Waals surface area contributed by atoms with Crippen molar-refractivity contribution in [1.29, 1.82) is 0 Å². The van der Waals surface area contributed by atoms with Crippen molar-refractivity contribution in [3.05, 3.63) is 82.2 Å². The van der Waals surface area contributed by atoms with Crippen molar-refractivity contribution in [2.45, 2.75) is 34.6 Å². The molecule has 2 heterocycles. The topological polar surface area (TPSA) is 101 Å². The number of hydrogen-bond acceptors (Lipinski definition) is 4. The highest BCUT2D eigenvalue weighted by molar-refractivity contribution is 6.39. The van der Waals surface area contributed by atoms with Gasteiger partial charge in [0.15, 0.2) is 0 Å². The highest BCUT2D eigenvalue weighted by Crippen LogP contribution is 2.27. The molecule has 2 N–H and O–H groups in total. The number of carbonyl (C=O) groups is 4. The van der Waals surface area contributed by atoms with Crippen molar-refractivity contribution in [3.8, 4) is 5.69 Å². The van der Waals surface area contributed by atoms with Crippen LogP contribution in [-0.2, 0) is 14.4 Å². The molecule has 0 saturated carbocycles. The first kappa shape index (κ1) is 23.7. The molecular weight excluding hydrogens is 444 g/mol. The summed E-state index contributed by atoms with van der Waals surface area (Å²) in [5, 5.41) is 5.02. The maximum absolute atomic E-state index is 13.3. The maximum Gasteiger partial charge on any atom is 0.335 e. The number of amides is 5. The molecule has 1 aromatic heterocycles. The van der Waals surface area contributed by atoms with Crippen LogP contribution in [0.25, 0.3) is 11.8 Å². The molecule has 35 heavy (non-hydrogen) atoms. The standard InChI is InChI=1S/C27H26N4O4/c1-15-10-16(2)12-23(11-15)31-26(34)24(25(33)29-27(31)35)14-20-13-17(3)30(18(20)4)22-8-6-21(7-9-22)28-19(5)32/h6-14H,1-5H3,(H,28,32)(H,29,33,35). The van der Waals surface area contributed by atoms with Gasteiger partial charge in [0.05, 0.1) is 5.69 Å². The van der Waals surface area contributed by atoms with Gasteiger partial charge >= 0.3 is 6.03 Å². The number of aromatic nitrogens is 1. The van der Waals surface area contributed by atoms with E-state index in [1.165, 1.54) is 13.0 Å². The van der Waals surface area contributed by atoms with E-state index in [1.807, 2.05) is 56.5 Å². The fourth-order valence-corrected chi connectivity index (χ4v) is 4.36. The predicted molar refractivity (Wildman–Crippen MR) is 134 cm³/mol. The van der Waals surface area contributed by atoms with Gasteiger partial charge in [0, 0.05) is 29.7 Å². The fourth-order valence-electron chi connectivity index (χ4n) is 4.36. The average molecular weight is 471 g/mol. The van der Waals surface area contributed by atoms with E-state index in [2.05, 4.69) is 10.6 Å². The molecular formula is C27H26N4O4. The monoisotopic (exact) mass is 470 g/mol. The number of imide groups is 2. The minimum atomic E-state index is -0.771. The fraction of sp³-hybridized carbons (Fsp3) is 0.185. The van der Waals surface area contributed by atoms with Crippen molar-refractivity contribution in [2.75, 3.05) is 10.2 Å². The number of urea groups is 1. The van der Waals surface area contributed by atoms with E-state index < -0.39 is 17.8 Å². The summed E-state index contributed by atoms with van der Waals surface area (Å²) in [6, 6.07) is 13.9. The van der Waals surface area contributed by atoms with Crippen LogP contribution in [0.4, 0.5) is 16.2 Å². The first-order chi connectivity index (χ1) is 16.5. The summed E-state index contributed by atoms with van der Waals surface area (Å²) in [4.78, 5) is 50.8. The van der Waals surface area contributed by atoms with Crippen molar-refractivity contribution in [1.82, 2.24) is 9.88 Å². The molecule has 178 valence electrons. The second-order valence-electron chi connectivity index (χ2n) is 8.69. The van der Waals surface area contributed by atoms with Gasteiger partial charge in [-0.3, -0.25) is 19.7 Å². The highest BCUT2D eigenvalue weighted by Gasteiger charge is 2.37. The van der Waals surface area contributed by atoms with E-state index in [0.29, 0.717) is 16.9 Å². The number of aryl methyl sites for hydroxylation is 3. The average Bonchev–Trinajstić information content (AvgIpc) is 3.03. The third-order valence-corrected chi connectivity index (χ3v) is 5.78. The number of benzene rings is 2. The van der Waals surface area contributed by atoms with Gasteiger partial charge < -0.3 is 9.88 Å². The lowest BCUT2D eigenvalue weighted by atomic mass is 10.1. The van der Waals surface area contributed by atoms with Gasteiger partial charge in [0.1, 0.15) is 5.57 Å². The summed E-state index contributed by atoms with van der Waals surface area (Å²) in [7, 11) is 0. The van der Waals surface area contributed by atoms with Crippen LogP contribution in [0, 0.1) is 27.7 Å². The van der Waals surface area contributed by atoms with Crippen molar-refractivity contribution in [2.24, 2.45) is 0 Å². The van der Waals surface area contributed by atoms with Crippen molar-refractivity contribution in [3.63, 3.8) is 0 Å². The van der Waals surface area contributed by atoms with E-state index in [0.717, 1.165) is 33.1 Å². The SMILES string of the molecule is CC(=O)Nc1ccc(-n2c(C)cc(C=C3C(=O)NC(=O)N(c4cc(C)cc(C)c4)C3=O)c2C)cc1. The summed E-state index contributed by atoms with van der Waals surface area (Å²) in [5.41, 5.74) is 6.04. The number of nitrogens with zero attached hydrogens (tertiary/aromatic N) is 2. The zero-order valence-corrected chi connectivity index (χ0v) is 20.2. The Bertz CT molecular complexity index is 1390. The quantitative estimate of drug-likeness (QED) is 0.438. The molecule has 0 radical (unpaired) electrons. The molecule has 0 unspecified atom stereocenters. The summed E-state index contributed by atoms with van der Waals surface area (Å²) >= 11 is 0. The number of nitrogens with one attached hydrogen (secondary N) is 2. The minimum Gasteiger partial charge on any atom is -0.326 e. The summed E-state index contributed by atoms with van der Waals surface area (Å²) in [6.45, 7) is 9.01. The Labute approximate surface area is 203 Å². The Balaban J connectivity index is 1.72. The minimum absolute atomic E-state index is 0.120. The normalized spacial score (nSPS) is 14.9. The molecule has 4 rings (SSSR count). The summed E-state index contributed by atoms with van der Waals surface area (Å²) in [5.74, 6) is -1.55. The van der Waals surface area contributed by atoms with Crippen LogP contribution in [0.15, 0.2) is 54.1 Å². The first-order valence-corrected chi connectivity index (χ1v) is 11.1. The zero-order chi connectivity index (χ0) is 25.4. The molecule has 1 fully saturated rings. The Morgan fingerprint density at radius 2 is 1.51 bits per heavy atom. The molecule has 0 spiro atoms. The highest BCUT2D eigenvalue weighted by atomic mass is 16.2. The molecule has 8 heteroatoms. The van der Waals surface area contributed by atoms with E-state index >= 15 is 0 Å². The zero-order valence-electron chi connectivity index (χ0n) is 20.2. The Morgan fingerprint density at radius 3 is 2.11 bits per heavy atom. The third-order valence-electron chi connectivity index (χ3n) is 5.78. The molecule has 1 aliphatic rings. The molecule has 3 aromatic rings. The Kier molecular flexibility index (Phi) is 6.13. The van der Waals surface area contributed by atoms with E-state index in [-0.39, 0.29) is 11.5 Å². The van der Waals surface area contributed by atoms with Gasteiger partial charge in [-0.25, -0.2) is 9.69 Å². The van der Waals surface area contributed by atoms with E-state index in [4.69, 9.17) is 0 Å². The molecule has 0 aliphatic carbocycles. The molecule has 8 nitrogen and oxygen atoms in total. The lowest BCUT2D eigenvalue weighted by Gasteiger charge is -2.27. The van der Waals surface area contributed by atoms with E-state index in [1.54, 1.807) is 24.3 Å². The maximum atomic E-state index is 13.3. The Hall–Kier alpha value is -4.46. The number of hydrogen-bond donors (Lipinski definition) is 2. The second kappa shape index (κ2) is 9.06. The van der Waals surface area contributed by atoms with Crippen molar-refractivity contribution < 1.29 is 19.2 Å². The van der Waals surface area contributed by atoms with Gasteiger partial charge in [0.25, 0.3) is 11.8 Å². The van der Waals surface area contributed by atoms with Crippen molar-refractivity contribution >= 4 is 41.2 Å². The summed E-state index contributed by atoms with van der Waals surface area (Å²) < 4.78 is 1.99.